The Balaban J connectivity index is 2.11. The van der Waals surface area contributed by atoms with Crippen molar-refractivity contribution in [3.63, 3.8) is 0 Å². The number of hydrogen-bond donors (Lipinski definition) is 1. The number of halogens is 1. The fourth-order valence-corrected chi connectivity index (χ4v) is 2.25. The lowest BCUT2D eigenvalue weighted by atomic mass is 10.1. The van der Waals surface area contributed by atoms with E-state index >= 15 is 0 Å². The van der Waals surface area contributed by atoms with Crippen LogP contribution in [0.1, 0.15) is 37.3 Å². The topological polar surface area (TPSA) is 73.2 Å². The number of benzene rings is 1. The van der Waals surface area contributed by atoms with Gasteiger partial charge in [0, 0.05) is 5.56 Å². The van der Waals surface area contributed by atoms with E-state index in [1.165, 1.54) is 12.1 Å². The van der Waals surface area contributed by atoms with Crippen LogP contribution >= 0.6 is 0 Å². The zero-order valence-corrected chi connectivity index (χ0v) is 11.7. The van der Waals surface area contributed by atoms with Crippen LogP contribution in [-0.4, -0.2) is 22.9 Å². The summed E-state index contributed by atoms with van der Waals surface area (Å²) < 4.78 is 13.8. The molecule has 1 N–H and O–H groups in total. The van der Waals surface area contributed by atoms with Crippen molar-refractivity contribution in [1.29, 1.82) is 5.26 Å². The lowest BCUT2D eigenvalue weighted by molar-refractivity contribution is -0.128. The normalized spacial score (nSPS) is 17.8. The maximum atomic E-state index is 13.8. The number of unbranched alkanes of at least 4 members (excludes halogenated alkanes) is 1. The molecule has 2 rings (SSSR count). The summed E-state index contributed by atoms with van der Waals surface area (Å²) in [6.07, 6.45) is 2.37. The predicted molar refractivity (Wildman–Crippen MR) is 73.5 cm³/mol. The number of nitrogens with one attached hydrogen (secondary N) is 1. The summed E-state index contributed by atoms with van der Waals surface area (Å²) >= 11 is 0. The van der Waals surface area contributed by atoms with Crippen molar-refractivity contribution in [2.75, 3.05) is 0 Å². The number of carbonyl (C=O) groups is 2. The van der Waals surface area contributed by atoms with Gasteiger partial charge in [0.05, 0.1) is 18.2 Å². The molecule has 1 atom stereocenters. The number of carbonyl (C=O) groups excluding carboxylic acids is 2. The van der Waals surface area contributed by atoms with Gasteiger partial charge in [0.25, 0.3) is 5.91 Å². The molecule has 1 fully saturated rings. The molecule has 1 unspecified atom stereocenters. The van der Waals surface area contributed by atoms with Crippen molar-refractivity contribution in [2.24, 2.45) is 0 Å². The van der Waals surface area contributed by atoms with Crippen LogP contribution in [0.25, 0.3) is 0 Å². The average Bonchev–Trinajstić information content (AvgIpc) is 2.74. The van der Waals surface area contributed by atoms with Crippen molar-refractivity contribution in [1.82, 2.24) is 10.2 Å². The predicted octanol–water partition coefficient (Wildman–Crippen LogP) is 2.31. The molecule has 1 aromatic carbocycles. The van der Waals surface area contributed by atoms with Crippen LogP contribution in [-0.2, 0) is 11.3 Å². The summed E-state index contributed by atoms with van der Waals surface area (Å²) in [5.41, 5.74) is 0.419. The molecular weight excluding hydrogens is 273 g/mol. The van der Waals surface area contributed by atoms with Gasteiger partial charge in [-0.1, -0.05) is 25.8 Å². The molecule has 0 spiro atoms. The summed E-state index contributed by atoms with van der Waals surface area (Å²) in [6, 6.07) is 4.81. The second kappa shape index (κ2) is 6.35. The highest BCUT2D eigenvalue weighted by molar-refractivity contribution is 6.04. The van der Waals surface area contributed by atoms with Gasteiger partial charge < -0.3 is 5.32 Å². The van der Waals surface area contributed by atoms with E-state index in [1.807, 2.05) is 13.0 Å². The van der Waals surface area contributed by atoms with Crippen LogP contribution in [0.2, 0.25) is 0 Å². The van der Waals surface area contributed by atoms with E-state index in [-0.39, 0.29) is 23.6 Å². The van der Waals surface area contributed by atoms with Gasteiger partial charge in [-0.05, 0) is 18.6 Å². The van der Waals surface area contributed by atoms with Gasteiger partial charge >= 0.3 is 6.03 Å². The number of rotatable bonds is 5. The average molecular weight is 289 g/mol. The lowest BCUT2D eigenvalue weighted by Crippen LogP contribution is -2.31. The maximum Gasteiger partial charge on any atom is 0.325 e. The van der Waals surface area contributed by atoms with Crippen molar-refractivity contribution >= 4 is 11.9 Å². The van der Waals surface area contributed by atoms with Gasteiger partial charge in [-0.25, -0.2) is 9.18 Å². The molecule has 1 aliphatic rings. The van der Waals surface area contributed by atoms with Crippen LogP contribution in [0.5, 0.6) is 0 Å². The third-order valence-electron chi connectivity index (χ3n) is 3.46. The quantitative estimate of drug-likeness (QED) is 0.845. The summed E-state index contributed by atoms with van der Waals surface area (Å²) in [7, 11) is 0. The molecule has 0 radical (unpaired) electrons. The number of imide groups is 1. The summed E-state index contributed by atoms with van der Waals surface area (Å²) in [5, 5.41) is 11.3. The Morgan fingerprint density at radius 3 is 2.81 bits per heavy atom. The van der Waals surface area contributed by atoms with Gasteiger partial charge in [0.2, 0.25) is 0 Å². The SMILES string of the molecule is CCCCC1NC(=O)N(Cc2ccc(C#N)cc2F)C1=O. The van der Waals surface area contributed by atoms with Crippen molar-refractivity contribution < 1.29 is 14.0 Å². The number of hydrogen-bond acceptors (Lipinski definition) is 3. The highest BCUT2D eigenvalue weighted by Crippen LogP contribution is 2.18. The molecule has 1 heterocycles. The Morgan fingerprint density at radius 1 is 1.43 bits per heavy atom. The van der Waals surface area contributed by atoms with E-state index in [0.29, 0.717) is 6.42 Å². The van der Waals surface area contributed by atoms with E-state index in [4.69, 9.17) is 5.26 Å². The molecule has 5 nitrogen and oxygen atoms in total. The van der Waals surface area contributed by atoms with Gasteiger partial charge in [-0.3, -0.25) is 9.69 Å². The van der Waals surface area contributed by atoms with Crippen LogP contribution in [0.4, 0.5) is 9.18 Å². The fourth-order valence-electron chi connectivity index (χ4n) is 2.25. The number of urea groups is 1. The minimum atomic E-state index is -0.591. The van der Waals surface area contributed by atoms with E-state index in [0.717, 1.165) is 23.8 Å². The Bertz CT molecular complexity index is 609. The molecule has 0 bridgehead atoms. The minimum Gasteiger partial charge on any atom is -0.326 e. The first-order valence-electron chi connectivity index (χ1n) is 6.87. The fraction of sp³-hybridized carbons (Fsp3) is 0.400. The Morgan fingerprint density at radius 2 is 2.19 bits per heavy atom. The van der Waals surface area contributed by atoms with E-state index in [1.54, 1.807) is 0 Å². The molecule has 21 heavy (non-hydrogen) atoms. The molecule has 1 saturated heterocycles. The van der Waals surface area contributed by atoms with Gasteiger partial charge in [0.15, 0.2) is 0 Å². The highest BCUT2D eigenvalue weighted by Gasteiger charge is 2.37. The van der Waals surface area contributed by atoms with Crippen LogP contribution in [0.3, 0.4) is 0 Å². The molecule has 1 aliphatic heterocycles. The molecule has 0 saturated carbocycles. The molecule has 6 heteroatoms. The Hall–Kier alpha value is -2.42. The summed E-state index contributed by atoms with van der Waals surface area (Å²) in [5.74, 6) is -0.913. The van der Waals surface area contributed by atoms with Crippen molar-refractivity contribution in [2.45, 2.75) is 38.8 Å². The largest absolute Gasteiger partial charge is 0.326 e. The van der Waals surface area contributed by atoms with E-state index in [9.17, 15) is 14.0 Å². The second-order valence-corrected chi connectivity index (χ2v) is 4.99. The molecule has 0 aromatic heterocycles. The van der Waals surface area contributed by atoms with Crippen LogP contribution in [0, 0.1) is 17.1 Å². The Kier molecular flexibility index (Phi) is 4.53. The highest BCUT2D eigenvalue weighted by atomic mass is 19.1. The second-order valence-electron chi connectivity index (χ2n) is 4.99. The first-order valence-corrected chi connectivity index (χ1v) is 6.87. The van der Waals surface area contributed by atoms with E-state index < -0.39 is 17.9 Å². The molecule has 0 aliphatic carbocycles. The molecule has 110 valence electrons. The smallest absolute Gasteiger partial charge is 0.325 e. The van der Waals surface area contributed by atoms with Gasteiger partial charge in [0.1, 0.15) is 11.9 Å². The van der Waals surface area contributed by atoms with Crippen LogP contribution in [0.15, 0.2) is 18.2 Å². The minimum absolute atomic E-state index is 0.120. The Labute approximate surface area is 122 Å². The van der Waals surface area contributed by atoms with Gasteiger partial charge in [-0.15, -0.1) is 0 Å². The monoisotopic (exact) mass is 289 g/mol. The van der Waals surface area contributed by atoms with Crippen LogP contribution < -0.4 is 5.32 Å². The summed E-state index contributed by atoms with van der Waals surface area (Å²) in [6.45, 7) is 1.88. The van der Waals surface area contributed by atoms with E-state index in [2.05, 4.69) is 5.32 Å². The summed E-state index contributed by atoms with van der Waals surface area (Å²) in [4.78, 5) is 25.0. The maximum absolute atomic E-state index is 13.8. The first kappa shape index (κ1) is 15.0. The number of amides is 3. The first-order chi connectivity index (χ1) is 10.1. The van der Waals surface area contributed by atoms with Crippen molar-refractivity contribution in [3.05, 3.63) is 35.1 Å². The van der Waals surface area contributed by atoms with Gasteiger partial charge in [-0.2, -0.15) is 5.26 Å². The third kappa shape index (κ3) is 3.19. The number of nitriles is 1. The lowest BCUT2D eigenvalue weighted by Gasteiger charge is -2.13. The molecule has 3 amide bonds. The number of nitrogens with zero attached hydrogens (tertiary/aromatic N) is 2. The molecular formula is C15H16FN3O2. The van der Waals surface area contributed by atoms with Crippen molar-refractivity contribution in [3.8, 4) is 6.07 Å². The zero-order valence-electron chi connectivity index (χ0n) is 11.7. The molecule has 1 aromatic rings. The zero-order chi connectivity index (χ0) is 15.4. The standard InChI is InChI=1S/C15H16FN3O2/c1-2-3-4-13-14(20)19(15(21)18-13)9-11-6-5-10(8-17)7-12(11)16/h5-7,13H,2-4,9H2,1H3,(H,18,21). The third-order valence-corrected chi connectivity index (χ3v) is 3.46.